The summed E-state index contributed by atoms with van der Waals surface area (Å²) in [7, 11) is 1.62. The summed E-state index contributed by atoms with van der Waals surface area (Å²) in [4.78, 5) is 12.2. The van der Waals surface area contributed by atoms with Crippen molar-refractivity contribution in [2.24, 2.45) is 0 Å². The second kappa shape index (κ2) is 9.68. The number of thioether (sulfide) groups is 1. The molecule has 0 aliphatic carbocycles. The van der Waals surface area contributed by atoms with Crippen LogP contribution in [-0.2, 0) is 4.79 Å². The van der Waals surface area contributed by atoms with Crippen molar-refractivity contribution in [3.8, 4) is 17.2 Å². The van der Waals surface area contributed by atoms with Crippen molar-refractivity contribution in [3.63, 3.8) is 0 Å². The van der Waals surface area contributed by atoms with Gasteiger partial charge in [0.2, 0.25) is 11.0 Å². The number of hydrogen-bond donors (Lipinski definition) is 2. The Balaban J connectivity index is 1.21. The number of para-hydroxylation sites is 2. The van der Waals surface area contributed by atoms with E-state index in [9.17, 15) is 4.79 Å². The van der Waals surface area contributed by atoms with Gasteiger partial charge in [0.25, 0.3) is 0 Å². The van der Waals surface area contributed by atoms with Crippen molar-refractivity contribution in [1.29, 1.82) is 0 Å². The molecule has 0 spiro atoms. The molecule has 1 aliphatic rings. The zero-order chi connectivity index (χ0) is 20.8. The molecule has 2 heterocycles. The monoisotopic (exact) mass is 444 g/mol. The summed E-state index contributed by atoms with van der Waals surface area (Å²) >= 11 is 2.72. The van der Waals surface area contributed by atoms with Crippen molar-refractivity contribution in [2.45, 2.75) is 10.4 Å². The van der Waals surface area contributed by atoms with Gasteiger partial charge in [-0.05, 0) is 24.3 Å². The van der Waals surface area contributed by atoms with E-state index in [2.05, 4.69) is 20.8 Å². The SMILES string of the molecule is COc1cccc(Nc2nnc(SCC(=O)NCC3COc4ccccc4O3)s2)c1. The fourth-order valence-electron chi connectivity index (χ4n) is 2.71. The highest BCUT2D eigenvalue weighted by Gasteiger charge is 2.21. The molecule has 1 amide bonds. The third-order valence-corrected chi connectivity index (χ3v) is 6.12. The smallest absolute Gasteiger partial charge is 0.230 e. The number of anilines is 2. The number of nitrogens with zero attached hydrogens (tertiary/aromatic N) is 2. The number of carbonyl (C=O) groups excluding carboxylic acids is 1. The fraction of sp³-hybridized carbons (Fsp3) is 0.250. The van der Waals surface area contributed by atoms with Crippen LogP contribution in [0.15, 0.2) is 52.9 Å². The minimum Gasteiger partial charge on any atom is -0.497 e. The Labute approximate surface area is 182 Å². The second-order valence-electron chi connectivity index (χ2n) is 6.32. The molecular formula is C20H20N4O4S2. The Hall–Kier alpha value is -2.98. The second-order valence-corrected chi connectivity index (χ2v) is 8.52. The van der Waals surface area contributed by atoms with Crippen LogP contribution in [0.1, 0.15) is 0 Å². The highest BCUT2D eigenvalue weighted by Crippen LogP contribution is 2.31. The zero-order valence-electron chi connectivity index (χ0n) is 16.2. The van der Waals surface area contributed by atoms with Crippen molar-refractivity contribution >= 4 is 39.8 Å². The summed E-state index contributed by atoms with van der Waals surface area (Å²) < 4.78 is 17.4. The maximum absolute atomic E-state index is 12.2. The first-order valence-corrected chi connectivity index (χ1v) is 11.0. The standard InChI is InChI=1S/C20H20N4O4S2/c1-26-14-6-4-5-13(9-14)22-19-23-24-20(30-19)29-12-18(25)21-10-15-11-27-16-7-2-3-8-17(16)28-15/h2-9,15H,10-12H2,1H3,(H,21,25)(H,22,23). The molecule has 1 unspecified atom stereocenters. The zero-order valence-corrected chi connectivity index (χ0v) is 17.8. The van der Waals surface area contributed by atoms with Crippen LogP contribution < -0.4 is 24.8 Å². The van der Waals surface area contributed by atoms with E-state index in [0.29, 0.717) is 28.4 Å². The van der Waals surface area contributed by atoms with Gasteiger partial charge in [0, 0.05) is 11.8 Å². The first-order chi connectivity index (χ1) is 14.7. The van der Waals surface area contributed by atoms with Gasteiger partial charge in [-0.3, -0.25) is 4.79 Å². The normalized spacial score (nSPS) is 14.8. The molecule has 1 aromatic heterocycles. The molecule has 30 heavy (non-hydrogen) atoms. The molecule has 4 rings (SSSR count). The van der Waals surface area contributed by atoms with Crippen molar-refractivity contribution in [1.82, 2.24) is 15.5 Å². The van der Waals surface area contributed by atoms with Gasteiger partial charge in [-0.15, -0.1) is 10.2 Å². The van der Waals surface area contributed by atoms with Gasteiger partial charge in [0.05, 0.1) is 19.4 Å². The van der Waals surface area contributed by atoms with Crippen molar-refractivity contribution in [2.75, 3.05) is 31.3 Å². The molecule has 1 aliphatic heterocycles. The molecule has 1 atom stereocenters. The molecule has 0 saturated carbocycles. The Morgan fingerprint density at radius 2 is 2.10 bits per heavy atom. The number of nitrogens with one attached hydrogen (secondary N) is 2. The molecule has 0 saturated heterocycles. The van der Waals surface area contributed by atoms with Crippen LogP contribution in [0, 0.1) is 0 Å². The summed E-state index contributed by atoms with van der Waals surface area (Å²) in [6.45, 7) is 0.784. The van der Waals surface area contributed by atoms with Crippen LogP contribution >= 0.6 is 23.1 Å². The fourth-order valence-corrected chi connectivity index (χ4v) is 4.31. The molecule has 156 valence electrons. The summed E-state index contributed by atoms with van der Waals surface area (Å²) in [5.41, 5.74) is 0.857. The first-order valence-electron chi connectivity index (χ1n) is 9.22. The van der Waals surface area contributed by atoms with Gasteiger partial charge in [-0.1, -0.05) is 41.3 Å². The molecule has 2 N–H and O–H groups in total. The minimum absolute atomic E-state index is 0.0973. The molecule has 8 nitrogen and oxygen atoms in total. The van der Waals surface area contributed by atoms with Crippen LogP contribution in [0.25, 0.3) is 0 Å². The van der Waals surface area contributed by atoms with Crippen LogP contribution in [0.5, 0.6) is 17.2 Å². The summed E-state index contributed by atoms with van der Waals surface area (Å²) in [5, 5.41) is 14.9. The van der Waals surface area contributed by atoms with E-state index in [1.807, 2.05) is 48.5 Å². The number of benzene rings is 2. The Bertz CT molecular complexity index is 1010. The van der Waals surface area contributed by atoms with E-state index >= 15 is 0 Å². The van der Waals surface area contributed by atoms with Crippen molar-refractivity contribution < 1.29 is 19.0 Å². The quantitative estimate of drug-likeness (QED) is 0.511. The summed E-state index contributed by atoms with van der Waals surface area (Å²) in [5.74, 6) is 2.33. The number of methoxy groups -OCH3 is 1. The third-order valence-electron chi connectivity index (χ3n) is 4.15. The van der Waals surface area contributed by atoms with Gasteiger partial charge < -0.3 is 24.8 Å². The van der Waals surface area contributed by atoms with Crippen LogP contribution in [-0.4, -0.2) is 48.2 Å². The van der Waals surface area contributed by atoms with E-state index in [1.54, 1.807) is 7.11 Å². The van der Waals surface area contributed by atoms with Gasteiger partial charge in [0.1, 0.15) is 18.5 Å². The largest absolute Gasteiger partial charge is 0.497 e. The number of amides is 1. The number of ether oxygens (including phenoxy) is 3. The maximum Gasteiger partial charge on any atom is 0.230 e. The molecular weight excluding hydrogens is 424 g/mol. The third kappa shape index (κ3) is 5.33. The van der Waals surface area contributed by atoms with E-state index in [-0.39, 0.29) is 17.8 Å². The van der Waals surface area contributed by atoms with Gasteiger partial charge in [-0.25, -0.2) is 0 Å². The van der Waals surface area contributed by atoms with E-state index in [4.69, 9.17) is 14.2 Å². The molecule has 10 heteroatoms. The van der Waals surface area contributed by atoms with Gasteiger partial charge in [-0.2, -0.15) is 0 Å². The first kappa shape index (κ1) is 20.3. The van der Waals surface area contributed by atoms with Crippen molar-refractivity contribution in [3.05, 3.63) is 48.5 Å². The highest BCUT2D eigenvalue weighted by atomic mass is 32.2. The Morgan fingerprint density at radius 1 is 1.23 bits per heavy atom. The van der Waals surface area contributed by atoms with E-state index < -0.39 is 0 Å². The summed E-state index contributed by atoms with van der Waals surface area (Å²) in [6.07, 6.45) is -0.214. The predicted octanol–water partition coefficient (Wildman–Crippen LogP) is 3.34. The van der Waals surface area contributed by atoms with Crippen LogP contribution in [0.4, 0.5) is 10.8 Å². The van der Waals surface area contributed by atoms with Gasteiger partial charge >= 0.3 is 0 Å². The average molecular weight is 445 g/mol. The van der Waals surface area contributed by atoms with Crippen LogP contribution in [0.3, 0.4) is 0 Å². The lowest BCUT2D eigenvalue weighted by molar-refractivity contribution is -0.119. The molecule has 3 aromatic rings. The maximum atomic E-state index is 12.2. The molecule has 0 radical (unpaired) electrons. The topological polar surface area (TPSA) is 94.6 Å². The van der Waals surface area contributed by atoms with Gasteiger partial charge in [0.15, 0.2) is 15.8 Å². The Morgan fingerprint density at radius 3 is 2.97 bits per heavy atom. The lowest BCUT2D eigenvalue weighted by atomic mass is 10.2. The number of hydrogen-bond acceptors (Lipinski definition) is 9. The average Bonchev–Trinajstić information content (AvgIpc) is 3.23. The molecule has 0 bridgehead atoms. The number of aromatic nitrogens is 2. The van der Waals surface area contributed by atoms with Crippen LogP contribution in [0.2, 0.25) is 0 Å². The predicted molar refractivity (Wildman–Crippen MR) is 116 cm³/mol. The lowest BCUT2D eigenvalue weighted by Gasteiger charge is -2.26. The number of fused-ring (bicyclic) bond motifs is 1. The molecule has 2 aromatic carbocycles. The van der Waals surface area contributed by atoms with E-state index in [0.717, 1.165) is 17.2 Å². The highest BCUT2D eigenvalue weighted by molar-refractivity contribution is 8.01. The molecule has 0 fully saturated rings. The van der Waals surface area contributed by atoms with E-state index in [1.165, 1.54) is 23.1 Å². The Kier molecular flexibility index (Phi) is 6.55. The number of carbonyl (C=O) groups is 1. The lowest BCUT2D eigenvalue weighted by Crippen LogP contribution is -2.41. The number of rotatable bonds is 8. The summed E-state index contributed by atoms with van der Waals surface area (Å²) in [6, 6.07) is 15.0. The minimum atomic E-state index is -0.214.